The molecule has 0 heterocycles. The third kappa shape index (κ3) is 5.57. The van der Waals surface area contributed by atoms with E-state index in [1.807, 2.05) is 6.92 Å². The molecule has 5 nitrogen and oxygen atoms in total. The van der Waals surface area contributed by atoms with Gasteiger partial charge in [-0.15, -0.1) is 0 Å². The van der Waals surface area contributed by atoms with Crippen LogP contribution in [0.4, 0.5) is 0 Å². The Bertz CT molecular complexity index is 567. The monoisotopic (exact) mass is 342 g/mol. The number of ether oxygens (including phenoxy) is 2. The lowest BCUT2D eigenvalue weighted by Crippen LogP contribution is -2.28. The van der Waals surface area contributed by atoms with Crippen LogP contribution in [-0.4, -0.2) is 40.4 Å². The van der Waals surface area contributed by atoms with Crippen LogP contribution in [0.5, 0.6) is 0 Å². The molecule has 0 N–H and O–H groups in total. The summed E-state index contributed by atoms with van der Waals surface area (Å²) in [7, 11) is -3.71. The topological polar surface area (TPSA) is 61.8 Å². The van der Waals surface area contributed by atoms with Gasteiger partial charge in [0, 0.05) is 6.61 Å². The number of rotatable bonds is 9. The number of benzene rings is 1. The molecule has 1 fully saturated rings. The van der Waals surface area contributed by atoms with Crippen LogP contribution >= 0.6 is 0 Å². The molecule has 0 amide bonds. The summed E-state index contributed by atoms with van der Waals surface area (Å²) >= 11 is 0. The second-order valence-corrected chi connectivity index (χ2v) is 7.45. The zero-order chi connectivity index (χ0) is 16.7. The van der Waals surface area contributed by atoms with Crippen molar-refractivity contribution in [1.82, 2.24) is 0 Å². The SMILES string of the molecule is CCCOC1CCCC1OCCOS(=O)(=O)c1ccc(C)cc1. The van der Waals surface area contributed by atoms with E-state index in [0.29, 0.717) is 0 Å². The van der Waals surface area contributed by atoms with E-state index >= 15 is 0 Å². The molecule has 2 atom stereocenters. The molecular weight excluding hydrogens is 316 g/mol. The minimum atomic E-state index is -3.71. The summed E-state index contributed by atoms with van der Waals surface area (Å²) in [6.07, 6.45) is 4.21. The van der Waals surface area contributed by atoms with Gasteiger partial charge in [-0.1, -0.05) is 24.6 Å². The van der Waals surface area contributed by atoms with E-state index in [-0.39, 0.29) is 30.3 Å². The maximum atomic E-state index is 12.0. The quantitative estimate of drug-likeness (QED) is 0.510. The van der Waals surface area contributed by atoms with Crippen molar-refractivity contribution in [1.29, 1.82) is 0 Å². The van der Waals surface area contributed by atoms with Crippen molar-refractivity contribution < 1.29 is 22.1 Å². The van der Waals surface area contributed by atoms with E-state index in [1.54, 1.807) is 24.3 Å². The van der Waals surface area contributed by atoms with E-state index < -0.39 is 10.1 Å². The Kier molecular flexibility index (Phi) is 7.02. The van der Waals surface area contributed by atoms with Gasteiger partial charge in [-0.2, -0.15) is 8.42 Å². The van der Waals surface area contributed by atoms with Crippen LogP contribution in [-0.2, 0) is 23.8 Å². The van der Waals surface area contributed by atoms with Gasteiger partial charge in [0.05, 0.1) is 30.3 Å². The summed E-state index contributed by atoms with van der Waals surface area (Å²) in [6.45, 7) is 5.00. The van der Waals surface area contributed by atoms with E-state index in [1.165, 1.54) is 0 Å². The summed E-state index contributed by atoms with van der Waals surface area (Å²) in [5, 5.41) is 0. The van der Waals surface area contributed by atoms with Gasteiger partial charge in [-0.25, -0.2) is 0 Å². The number of aryl methyl sites for hydroxylation is 1. The minimum Gasteiger partial charge on any atom is -0.376 e. The Labute approximate surface area is 139 Å². The lowest BCUT2D eigenvalue weighted by Gasteiger charge is -2.20. The summed E-state index contributed by atoms with van der Waals surface area (Å²) in [5.41, 5.74) is 1.01. The number of hydrogen-bond acceptors (Lipinski definition) is 5. The molecule has 130 valence electrons. The predicted octanol–water partition coefficient (Wildman–Crippen LogP) is 3.06. The Morgan fingerprint density at radius 1 is 1.00 bits per heavy atom. The summed E-state index contributed by atoms with van der Waals surface area (Å²) < 4.78 is 40.6. The molecule has 1 aromatic rings. The molecular formula is C17H26O5S. The molecule has 6 heteroatoms. The fourth-order valence-electron chi connectivity index (χ4n) is 2.66. The van der Waals surface area contributed by atoms with Gasteiger partial charge < -0.3 is 9.47 Å². The van der Waals surface area contributed by atoms with Crippen LogP contribution in [0.2, 0.25) is 0 Å². The normalized spacial score (nSPS) is 21.7. The Morgan fingerprint density at radius 2 is 1.61 bits per heavy atom. The molecule has 0 aliphatic heterocycles. The maximum absolute atomic E-state index is 12.0. The second kappa shape index (κ2) is 8.78. The Hall–Kier alpha value is -0.950. The Balaban J connectivity index is 1.75. The van der Waals surface area contributed by atoms with E-state index in [9.17, 15) is 8.42 Å². The fourth-order valence-corrected chi connectivity index (χ4v) is 3.55. The molecule has 1 saturated carbocycles. The summed E-state index contributed by atoms with van der Waals surface area (Å²) in [4.78, 5) is 0.174. The molecule has 0 aromatic heterocycles. The first-order chi connectivity index (χ1) is 11.0. The van der Waals surface area contributed by atoms with Gasteiger partial charge in [-0.05, 0) is 44.7 Å². The minimum absolute atomic E-state index is 0.0210. The van der Waals surface area contributed by atoms with Crippen LogP contribution in [0.1, 0.15) is 38.2 Å². The molecule has 23 heavy (non-hydrogen) atoms. The average Bonchev–Trinajstić information content (AvgIpc) is 2.97. The predicted molar refractivity (Wildman–Crippen MR) is 87.9 cm³/mol. The van der Waals surface area contributed by atoms with Crippen molar-refractivity contribution >= 4 is 10.1 Å². The molecule has 0 radical (unpaired) electrons. The van der Waals surface area contributed by atoms with Crippen LogP contribution in [0.25, 0.3) is 0 Å². The largest absolute Gasteiger partial charge is 0.376 e. The van der Waals surface area contributed by atoms with Gasteiger partial charge in [0.25, 0.3) is 10.1 Å². The lowest BCUT2D eigenvalue weighted by molar-refractivity contribution is -0.0610. The molecule has 2 rings (SSSR count). The van der Waals surface area contributed by atoms with Crippen molar-refractivity contribution in [2.45, 2.75) is 56.6 Å². The molecule has 1 aliphatic carbocycles. The highest BCUT2D eigenvalue weighted by Gasteiger charge is 2.28. The molecule has 0 bridgehead atoms. The zero-order valence-corrected chi connectivity index (χ0v) is 14.7. The molecule has 0 saturated heterocycles. The number of hydrogen-bond donors (Lipinski definition) is 0. The zero-order valence-electron chi connectivity index (χ0n) is 13.9. The van der Waals surface area contributed by atoms with E-state index in [0.717, 1.165) is 37.9 Å². The van der Waals surface area contributed by atoms with Crippen molar-refractivity contribution in [2.24, 2.45) is 0 Å². The van der Waals surface area contributed by atoms with Crippen molar-refractivity contribution in [3.63, 3.8) is 0 Å². The first-order valence-electron chi connectivity index (χ1n) is 8.22. The molecule has 1 aromatic carbocycles. The highest BCUT2D eigenvalue weighted by Crippen LogP contribution is 2.25. The first kappa shape index (κ1) is 18.4. The maximum Gasteiger partial charge on any atom is 0.297 e. The highest BCUT2D eigenvalue weighted by molar-refractivity contribution is 7.86. The molecule has 0 spiro atoms. The van der Waals surface area contributed by atoms with Gasteiger partial charge in [0.2, 0.25) is 0 Å². The van der Waals surface area contributed by atoms with E-state index in [2.05, 4.69) is 6.92 Å². The van der Waals surface area contributed by atoms with Crippen LogP contribution in [0.15, 0.2) is 29.2 Å². The van der Waals surface area contributed by atoms with Crippen LogP contribution < -0.4 is 0 Å². The molecule has 2 unspecified atom stereocenters. The molecule has 1 aliphatic rings. The van der Waals surface area contributed by atoms with Crippen molar-refractivity contribution in [2.75, 3.05) is 19.8 Å². The van der Waals surface area contributed by atoms with Crippen molar-refractivity contribution in [3.05, 3.63) is 29.8 Å². The standard InChI is InChI=1S/C17H26O5S/c1-3-11-20-16-5-4-6-17(16)21-12-13-22-23(18,19)15-9-7-14(2)8-10-15/h7-10,16-17H,3-6,11-13H2,1-2H3. The third-order valence-corrected chi connectivity index (χ3v) is 5.22. The fraction of sp³-hybridized carbons (Fsp3) is 0.647. The summed E-state index contributed by atoms with van der Waals surface area (Å²) in [6, 6.07) is 6.61. The van der Waals surface area contributed by atoms with Gasteiger partial charge in [-0.3, -0.25) is 4.18 Å². The average molecular weight is 342 g/mol. The van der Waals surface area contributed by atoms with Crippen molar-refractivity contribution in [3.8, 4) is 0 Å². The first-order valence-corrected chi connectivity index (χ1v) is 9.63. The van der Waals surface area contributed by atoms with Gasteiger partial charge in [0.15, 0.2) is 0 Å². The van der Waals surface area contributed by atoms with Crippen LogP contribution in [0.3, 0.4) is 0 Å². The van der Waals surface area contributed by atoms with Gasteiger partial charge in [0.1, 0.15) is 0 Å². The smallest absolute Gasteiger partial charge is 0.297 e. The Morgan fingerprint density at radius 3 is 2.22 bits per heavy atom. The van der Waals surface area contributed by atoms with Gasteiger partial charge >= 0.3 is 0 Å². The summed E-state index contributed by atoms with van der Waals surface area (Å²) in [5.74, 6) is 0. The lowest BCUT2D eigenvalue weighted by atomic mass is 10.2. The van der Waals surface area contributed by atoms with Crippen LogP contribution in [0, 0.1) is 6.92 Å². The highest BCUT2D eigenvalue weighted by atomic mass is 32.2. The second-order valence-electron chi connectivity index (χ2n) is 5.84. The third-order valence-electron chi connectivity index (χ3n) is 3.89. The van der Waals surface area contributed by atoms with E-state index in [4.69, 9.17) is 13.7 Å².